The molecule has 0 fully saturated rings. The van der Waals surface area contributed by atoms with Gasteiger partial charge in [0.25, 0.3) is 0 Å². The molecule has 9 nitrogen and oxygen atoms in total. The monoisotopic (exact) mass is 916 g/mol. The maximum atomic E-state index is 13.0. The molecule has 0 saturated carbocycles. The van der Waals surface area contributed by atoms with Crippen molar-refractivity contribution in [1.29, 1.82) is 0 Å². The van der Waals surface area contributed by atoms with Crippen LogP contribution < -0.4 is 23.7 Å². The second-order valence-electron chi connectivity index (χ2n) is 17.2. The van der Waals surface area contributed by atoms with E-state index in [9.17, 15) is 19.2 Å². The van der Waals surface area contributed by atoms with Gasteiger partial charge >= 0.3 is 23.9 Å². The smallest absolute Gasteiger partial charge is 0.343 e. The minimum atomic E-state index is -0.681. The molecule has 0 N–H and O–H groups in total. The Labute approximate surface area is 401 Å². The molecule has 0 heterocycles. The van der Waals surface area contributed by atoms with Crippen LogP contribution in [0.1, 0.15) is 158 Å². The molecule has 354 valence electrons. The highest BCUT2D eigenvalue weighted by Crippen LogP contribution is 2.25. The Kier molecular flexibility index (Phi) is 20.0. The molecule has 9 heteroatoms. The Hall–Kier alpha value is -7.00. The predicted octanol–water partition coefficient (Wildman–Crippen LogP) is 15.0. The molecule has 0 aliphatic carbocycles. The summed E-state index contributed by atoms with van der Waals surface area (Å²) in [5.41, 5.74) is 4.57. The Balaban J connectivity index is 0.914. The summed E-state index contributed by atoms with van der Waals surface area (Å²) in [5.74, 6) is -0.815. The molecule has 6 aromatic carbocycles. The Bertz CT molecular complexity index is 2490. The van der Waals surface area contributed by atoms with E-state index in [1.807, 2.05) is 19.1 Å². The molecule has 6 rings (SSSR count). The predicted molar refractivity (Wildman–Crippen MR) is 267 cm³/mol. The van der Waals surface area contributed by atoms with Crippen molar-refractivity contribution >= 4 is 23.9 Å². The van der Waals surface area contributed by atoms with Crippen LogP contribution >= 0.6 is 0 Å². The number of unbranched alkanes of at least 4 members (excludes halogenated alkanes) is 11. The molecular formula is C59H64O9. The Morgan fingerprint density at radius 2 is 0.765 bits per heavy atom. The molecule has 1 unspecified atom stereocenters. The molecule has 0 spiro atoms. The van der Waals surface area contributed by atoms with E-state index in [0.29, 0.717) is 16.9 Å². The van der Waals surface area contributed by atoms with Gasteiger partial charge in [0.05, 0.1) is 28.4 Å². The van der Waals surface area contributed by atoms with Crippen LogP contribution in [0, 0.1) is 0 Å². The van der Waals surface area contributed by atoms with Gasteiger partial charge in [0, 0.05) is 0 Å². The quantitative estimate of drug-likeness (QED) is 0.0298. The maximum Gasteiger partial charge on any atom is 0.343 e. The van der Waals surface area contributed by atoms with Crippen LogP contribution in [0.3, 0.4) is 0 Å². The van der Waals surface area contributed by atoms with Gasteiger partial charge in [-0.15, -0.1) is 0 Å². The maximum absolute atomic E-state index is 13.0. The van der Waals surface area contributed by atoms with Crippen molar-refractivity contribution in [2.24, 2.45) is 0 Å². The van der Waals surface area contributed by atoms with Crippen LogP contribution in [-0.2, 0) is 6.42 Å². The number of hydrogen-bond donors (Lipinski definition) is 0. The van der Waals surface area contributed by atoms with Gasteiger partial charge in [-0.3, -0.25) is 0 Å². The van der Waals surface area contributed by atoms with E-state index < -0.39 is 23.9 Å². The topological polar surface area (TPSA) is 114 Å². The molecule has 0 saturated heterocycles. The highest BCUT2D eigenvalue weighted by Gasteiger charge is 2.16. The third-order valence-electron chi connectivity index (χ3n) is 11.7. The fourth-order valence-electron chi connectivity index (χ4n) is 7.71. The van der Waals surface area contributed by atoms with Gasteiger partial charge in [-0.05, 0) is 152 Å². The van der Waals surface area contributed by atoms with Crippen molar-refractivity contribution in [3.63, 3.8) is 0 Å². The number of benzene rings is 6. The summed E-state index contributed by atoms with van der Waals surface area (Å²) in [7, 11) is 0. The van der Waals surface area contributed by atoms with Gasteiger partial charge in [0.15, 0.2) is 0 Å². The first-order valence-electron chi connectivity index (χ1n) is 24.3. The second kappa shape index (κ2) is 27.0. The normalized spacial score (nSPS) is 11.3. The van der Waals surface area contributed by atoms with E-state index in [0.717, 1.165) is 30.4 Å². The van der Waals surface area contributed by atoms with E-state index in [4.69, 9.17) is 23.7 Å². The first-order valence-corrected chi connectivity index (χ1v) is 24.3. The number of ether oxygens (including phenoxy) is 5. The molecule has 0 aliphatic heterocycles. The third kappa shape index (κ3) is 16.4. The van der Waals surface area contributed by atoms with E-state index >= 15 is 0 Å². The highest BCUT2D eigenvalue weighted by atomic mass is 16.5. The lowest BCUT2D eigenvalue weighted by molar-refractivity contribution is 0.0713. The first-order chi connectivity index (χ1) is 33.2. The lowest BCUT2D eigenvalue weighted by Gasteiger charge is -2.14. The molecule has 0 bridgehead atoms. The lowest BCUT2D eigenvalue weighted by Crippen LogP contribution is -2.12. The average Bonchev–Trinajstić information content (AvgIpc) is 3.36. The van der Waals surface area contributed by atoms with Gasteiger partial charge in [-0.1, -0.05) is 127 Å². The second-order valence-corrected chi connectivity index (χ2v) is 17.2. The minimum absolute atomic E-state index is 0.0837. The highest BCUT2D eigenvalue weighted by molar-refractivity contribution is 5.94. The number of hydrogen-bond acceptors (Lipinski definition) is 9. The van der Waals surface area contributed by atoms with Gasteiger partial charge in [0.1, 0.15) is 28.7 Å². The Morgan fingerprint density at radius 3 is 1.26 bits per heavy atom. The summed E-state index contributed by atoms with van der Waals surface area (Å²) in [5, 5.41) is 0. The number of rotatable bonds is 26. The summed E-state index contributed by atoms with van der Waals surface area (Å²) in [6.07, 6.45) is 18.8. The van der Waals surface area contributed by atoms with E-state index in [2.05, 4.69) is 38.1 Å². The molecule has 0 radical (unpaired) electrons. The lowest BCUT2D eigenvalue weighted by atomic mass is 10.00. The van der Waals surface area contributed by atoms with Crippen LogP contribution in [0.15, 0.2) is 146 Å². The number of carbonyl (C=O) groups is 4. The fourth-order valence-corrected chi connectivity index (χ4v) is 7.71. The van der Waals surface area contributed by atoms with Crippen molar-refractivity contribution in [3.05, 3.63) is 173 Å². The van der Waals surface area contributed by atoms with Crippen LogP contribution in [0.2, 0.25) is 0 Å². The zero-order valence-electron chi connectivity index (χ0n) is 39.7. The van der Waals surface area contributed by atoms with Crippen LogP contribution in [-0.4, -0.2) is 30.0 Å². The van der Waals surface area contributed by atoms with Crippen molar-refractivity contribution < 1.29 is 42.9 Å². The van der Waals surface area contributed by atoms with E-state index in [-0.39, 0.29) is 40.2 Å². The van der Waals surface area contributed by atoms with Crippen molar-refractivity contribution in [1.82, 2.24) is 0 Å². The summed E-state index contributed by atoms with van der Waals surface area (Å²) in [4.78, 5) is 51.9. The van der Waals surface area contributed by atoms with Crippen LogP contribution in [0.25, 0.3) is 11.1 Å². The Morgan fingerprint density at radius 1 is 0.382 bits per heavy atom. The number of esters is 4. The molecule has 1 atom stereocenters. The van der Waals surface area contributed by atoms with Crippen molar-refractivity contribution in [2.75, 3.05) is 0 Å². The van der Waals surface area contributed by atoms with Gasteiger partial charge in [-0.25, -0.2) is 19.2 Å². The number of aryl methyl sites for hydroxylation is 1. The third-order valence-corrected chi connectivity index (χ3v) is 11.7. The standard InChI is InChI=1S/C59H64O9/c1-4-6-8-10-11-12-13-14-16-19-44-22-24-45(25-23-44)46-26-28-47(29-27-46)56(60)65-52-36-32-49(33-37-52)58(62)68-55-21-17-20-50(42-55)59(63)67-54-40-38-53(39-41-54)66-57(61)48-30-34-51(35-31-48)64-43(3)18-15-9-7-5-2/h17,20-43H,4-16,18-19H2,1-3H3. The molecule has 0 aliphatic rings. The zero-order valence-corrected chi connectivity index (χ0v) is 39.7. The van der Waals surface area contributed by atoms with E-state index in [1.54, 1.807) is 48.5 Å². The van der Waals surface area contributed by atoms with Gasteiger partial charge in [-0.2, -0.15) is 0 Å². The minimum Gasteiger partial charge on any atom is -0.491 e. The van der Waals surface area contributed by atoms with Crippen molar-refractivity contribution in [3.8, 4) is 39.9 Å². The summed E-state index contributed by atoms with van der Waals surface area (Å²) in [6.45, 7) is 6.49. The molecular weight excluding hydrogens is 853 g/mol. The van der Waals surface area contributed by atoms with Gasteiger partial charge in [0.2, 0.25) is 0 Å². The molecule has 68 heavy (non-hydrogen) atoms. The van der Waals surface area contributed by atoms with E-state index in [1.165, 1.54) is 143 Å². The SMILES string of the molecule is CCCCCCCCCCCc1ccc(-c2ccc(C(=O)Oc3ccc(C(=O)Oc4cccc(C(=O)Oc5ccc(OC(=O)c6ccc(OC(C)CCCCCC)cc6)cc5)c4)cc3)cc2)cc1. The van der Waals surface area contributed by atoms with Gasteiger partial charge < -0.3 is 23.7 Å². The zero-order chi connectivity index (χ0) is 47.9. The fraction of sp³-hybridized carbons (Fsp3) is 0.322. The largest absolute Gasteiger partial charge is 0.491 e. The molecule has 0 aromatic heterocycles. The summed E-state index contributed by atoms with van der Waals surface area (Å²) < 4.78 is 28.2. The van der Waals surface area contributed by atoms with Crippen molar-refractivity contribution in [2.45, 2.75) is 123 Å². The molecule has 0 amide bonds. The average molecular weight is 917 g/mol. The molecule has 6 aromatic rings. The summed E-state index contributed by atoms with van der Waals surface area (Å²) >= 11 is 0. The van der Waals surface area contributed by atoms with Crippen LogP contribution in [0.5, 0.6) is 28.7 Å². The number of carbonyl (C=O) groups excluding carboxylic acids is 4. The van der Waals surface area contributed by atoms with Crippen LogP contribution in [0.4, 0.5) is 0 Å². The first kappa shape index (κ1) is 50.4. The summed E-state index contributed by atoms with van der Waals surface area (Å²) in [6, 6.07) is 40.9.